The van der Waals surface area contributed by atoms with Crippen LogP contribution in [0.15, 0.2) is 71.6 Å². The molecule has 0 radical (unpaired) electrons. The van der Waals surface area contributed by atoms with Crippen LogP contribution < -0.4 is 14.4 Å². The largest absolute Gasteiger partial charge is 0.493 e. The van der Waals surface area contributed by atoms with Gasteiger partial charge in [-0.2, -0.15) is 4.31 Å². The van der Waals surface area contributed by atoms with E-state index in [-0.39, 0.29) is 17.3 Å². The number of hydrogen-bond donors (Lipinski definition) is 0. The number of ether oxygens (including phenoxy) is 2. The Hall–Kier alpha value is -3.51. The number of anilines is 1. The lowest BCUT2D eigenvalue weighted by Gasteiger charge is -2.25. The highest BCUT2D eigenvalue weighted by molar-refractivity contribution is 7.89. The minimum atomic E-state index is -3.74. The first-order valence-electron chi connectivity index (χ1n) is 13.4. The number of aromatic nitrogens is 1. The van der Waals surface area contributed by atoms with Crippen LogP contribution in [0.4, 0.5) is 5.13 Å². The van der Waals surface area contributed by atoms with Crippen molar-refractivity contribution in [3.05, 3.63) is 77.9 Å². The summed E-state index contributed by atoms with van der Waals surface area (Å²) in [5.41, 5.74) is 1.97. The van der Waals surface area contributed by atoms with Crippen LogP contribution in [0, 0.1) is 0 Å². The molecule has 0 fully saturated rings. The average molecular weight is 597 g/mol. The Morgan fingerprint density at radius 2 is 1.54 bits per heavy atom. The molecule has 1 heterocycles. The number of amides is 1. The van der Waals surface area contributed by atoms with Gasteiger partial charge in [0.15, 0.2) is 16.6 Å². The fraction of sp³-hybridized carbons (Fsp3) is 0.333. The van der Waals surface area contributed by atoms with Gasteiger partial charge in [0, 0.05) is 44.4 Å². The predicted molar refractivity (Wildman–Crippen MR) is 164 cm³/mol. The van der Waals surface area contributed by atoms with Gasteiger partial charge in [-0.15, -0.1) is 0 Å². The number of likely N-dealkylation sites (N-methyl/N-ethyl adjacent to an activating group) is 1. The van der Waals surface area contributed by atoms with Gasteiger partial charge in [0.25, 0.3) is 5.91 Å². The van der Waals surface area contributed by atoms with Crippen molar-refractivity contribution in [2.45, 2.75) is 25.3 Å². The summed E-state index contributed by atoms with van der Waals surface area (Å²) in [4.78, 5) is 22.6. The highest BCUT2D eigenvalue weighted by atomic mass is 32.2. The second kappa shape index (κ2) is 13.4. The molecule has 0 N–H and O–H groups in total. The summed E-state index contributed by atoms with van der Waals surface area (Å²) in [6.45, 7) is 7.22. The van der Waals surface area contributed by atoms with E-state index in [9.17, 15) is 13.2 Å². The smallest absolute Gasteiger partial charge is 0.260 e. The Morgan fingerprint density at radius 1 is 0.902 bits per heavy atom. The first kappa shape index (κ1) is 30.4. The van der Waals surface area contributed by atoms with Crippen LogP contribution in [0.5, 0.6) is 11.5 Å². The van der Waals surface area contributed by atoms with E-state index in [0.717, 1.165) is 23.4 Å². The normalized spacial score (nSPS) is 11.8. The summed E-state index contributed by atoms with van der Waals surface area (Å²) in [5.74, 6) is 0.897. The molecule has 0 aliphatic heterocycles. The number of thiazole rings is 1. The number of methoxy groups -OCH3 is 2. The molecule has 0 saturated heterocycles. The van der Waals surface area contributed by atoms with Crippen molar-refractivity contribution in [1.82, 2.24) is 14.2 Å². The van der Waals surface area contributed by atoms with E-state index in [1.165, 1.54) is 27.8 Å². The molecule has 1 aromatic heterocycles. The maximum Gasteiger partial charge on any atom is 0.260 e. The lowest BCUT2D eigenvalue weighted by molar-refractivity contribution is 0.0983. The SMILES string of the molecule is CCN(CC)CCN(C(=O)c1ccc(S(=O)(=O)N(C)Cc2ccccc2)cc1)c1nc2cc(OC)c(OC)cc2s1. The topological polar surface area (TPSA) is 92.3 Å². The molecule has 0 aliphatic carbocycles. The number of carbonyl (C=O) groups is 1. The Kier molecular flexibility index (Phi) is 9.98. The number of fused-ring (bicyclic) bond motifs is 1. The zero-order valence-electron chi connectivity index (χ0n) is 24.0. The van der Waals surface area contributed by atoms with Crippen LogP contribution in [0.2, 0.25) is 0 Å². The van der Waals surface area contributed by atoms with Gasteiger partial charge in [-0.25, -0.2) is 13.4 Å². The van der Waals surface area contributed by atoms with Gasteiger partial charge in [-0.3, -0.25) is 9.69 Å². The molecule has 1 amide bonds. The zero-order chi connectivity index (χ0) is 29.6. The minimum Gasteiger partial charge on any atom is -0.493 e. The lowest BCUT2D eigenvalue weighted by atomic mass is 10.2. The second-order valence-electron chi connectivity index (χ2n) is 9.43. The number of benzene rings is 3. The van der Waals surface area contributed by atoms with Crippen molar-refractivity contribution < 1.29 is 22.7 Å². The van der Waals surface area contributed by atoms with Gasteiger partial charge in [0.1, 0.15) is 0 Å². The number of rotatable bonds is 13. The maximum atomic E-state index is 13.9. The molecule has 3 aromatic carbocycles. The summed E-state index contributed by atoms with van der Waals surface area (Å²) in [6, 6.07) is 19.2. The number of sulfonamides is 1. The first-order chi connectivity index (χ1) is 19.7. The molecule has 11 heteroatoms. The molecule has 0 unspecified atom stereocenters. The number of nitrogens with zero attached hydrogens (tertiary/aromatic N) is 4. The third kappa shape index (κ3) is 6.87. The lowest BCUT2D eigenvalue weighted by Crippen LogP contribution is -2.38. The third-order valence-electron chi connectivity index (χ3n) is 6.95. The fourth-order valence-electron chi connectivity index (χ4n) is 4.45. The number of carbonyl (C=O) groups excluding carboxylic acids is 1. The summed E-state index contributed by atoms with van der Waals surface area (Å²) >= 11 is 1.39. The van der Waals surface area contributed by atoms with Gasteiger partial charge in [-0.1, -0.05) is 55.5 Å². The summed E-state index contributed by atoms with van der Waals surface area (Å²) in [7, 11) is 0.954. The van der Waals surface area contributed by atoms with Crippen molar-refractivity contribution in [2.75, 3.05) is 52.3 Å². The average Bonchev–Trinajstić information content (AvgIpc) is 3.41. The summed E-state index contributed by atoms with van der Waals surface area (Å²) in [5, 5.41) is 0.548. The first-order valence-corrected chi connectivity index (χ1v) is 15.6. The Bertz CT molecular complexity index is 1530. The molecule has 41 heavy (non-hydrogen) atoms. The van der Waals surface area contributed by atoms with E-state index in [4.69, 9.17) is 14.5 Å². The zero-order valence-corrected chi connectivity index (χ0v) is 25.7. The van der Waals surface area contributed by atoms with Crippen molar-refractivity contribution in [3.8, 4) is 11.5 Å². The highest BCUT2D eigenvalue weighted by Crippen LogP contribution is 2.37. The van der Waals surface area contributed by atoms with Crippen molar-refractivity contribution in [3.63, 3.8) is 0 Å². The predicted octanol–water partition coefficient (Wildman–Crippen LogP) is 5.12. The molecule has 218 valence electrons. The second-order valence-corrected chi connectivity index (χ2v) is 12.5. The molecule has 0 aliphatic rings. The van der Waals surface area contributed by atoms with Gasteiger partial charge < -0.3 is 14.4 Å². The molecule has 0 atom stereocenters. The molecule has 4 aromatic rings. The van der Waals surface area contributed by atoms with Gasteiger partial charge in [-0.05, 0) is 42.9 Å². The molecule has 9 nitrogen and oxygen atoms in total. The van der Waals surface area contributed by atoms with E-state index in [1.54, 1.807) is 44.4 Å². The third-order valence-corrected chi connectivity index (χ3v) is 9.81. The van der Waals surface area contributed by atoms with Crippen LogP contribution in [-0.2, 0) is 16.6 Å². The minimum absolute atomic E-state index is 0.126. The molecular formula is C30H36N4O5S2. The van der Waals surface area contributed by atoms with Crippen LogP contribution in [0.1, 0.15) is 29.8 Å². The molecule has 0 saturated carbocycles. The van der Waals surface area contributed by atoms with Crippen LogP contribution in [0.3, 0.4) is 0 Å². The van der Waals surface area contributed by atoms with Crippen LogP contribution >= 0.6 is 11.3 Å². The highest BCUT2D eigenvalue weighted by Gasteiger charge is 2.25. The van der Waals surface area contributed by atoms with E-state index in [2.05, 4.69) is 18.7 Å². The van der Waals surface area contributed by atoms with Gasteiger partial charge in [0.2, 0.25) is 10.0 Å². The van der Waals surface area contributed by atoms with Crippen LogP contribution in [-0.4, -0.2) is 76.0 Å². The summed E-state index contributed by atoms with van der Waals surface area (Å²) in [6.07, 6.45) is 0. The quantitative estimate of drug-likeness (QED) is 0.212. The number of hydrogen-bond acceptors (Lipinski definition) is 8. The monoisotopic (exact) mass is 596 g/mol. The molecule has 4 rings (SSSR count). The van der Waals surface area contributed by atoms with E-state index in [0.29, 0.717) is 40.8 Å². The standard InChI is InChI=1S/C30H36N4O5S2/c1-6-33(7-2)17-18-34(30-31-25-19-26(38-4)27(39-5)20-28(25)40-30)29(35)23-13-15-24(16-14-23)41(36,37)32(3)21-22-11-9-8-10-12-22/h8-16,19-20H,6-7,17-18,21H2,1-5H3. The molecular weight excluding hydrogens is 560 g/mol. The van der Waals surface area contributed by atoms with Gasteiger partial charge >= 0.3 is 0 Å². The Balaban J connectivity index is 1.62. The molecule has 0 bridgehead atoms. The van der Waals surface area contributed by atoms with E-state index >= 15 is 0 Å². The van der Waals surface area contributed by atoms with Crippen molar-refractivity contribution in [2.24, 2.45) is 0 Å². The molecule has 0 spiro atoms. The van der Waals surface area contributed by atoms with Crippen molar-refractivity contribution in [1.29, 1.82) is 0 Å². The summed E-state index contributed by atoms with van der Waals surface area (Å²) < 4.78 is 39.5. The van der Waals surface area contributed by atoms with Crippen molar-refractivity contribution >= 4 is 42.6 Å². The maximum absolute atomic E-state index is 13.9. The van der Waals surface area contributed by atoms with Gasteiger partial charge in [0.05, 0.1) is 29.3 Å². The Morgan fingerprint density at radius 3 is 2.15 bits per heavy atom. The van der Waals surface area contributed by atoms with Crippen LogP contribution in [0.25, 0.3) is 10.2 Å². The Labute approximate surface area is 246 Å². The van der Waals surface area contributed by atoms with E-state index < -0.39 is 10.0 Å². The fourth-order valence-corrected chi connectivity index (χ4v) is 6.61. The van der Waals surface area contributed by atoms with E-state index in [1.807, 2.05) is 36.4 Å².